The standard InChI is InChI=1S/C25H49NO5Si/c1-17(2)19-13-12-18(3)16-21(19)30-22(27)20(26-23(28)31-24(4,5)6)14-15-29-32(10,11)25(7,8)9/h17-21H,12-16H2,1-11H3,(H,26,28)/t18-,19+,20+,21-/m1/s1. The Morgan fingerprint density at radius 2 is 1.66 bits per heavy atom. The Balaban J connectivity index is 2.90. The summed E-state index contributed by atoms with van der Waals surface area (Å²) >= 11 is 0. The second-order valence-electron chi connectivity index (χ2n) is 12.4. The van der Waals surface area contributed by atoms with Crippen LogP contribution in [-0.2, 0) is 18.7 Å². The molecule has 1 fully saturated rings. The lowest BCUT2D eigenvalue weighted by Crippen LogP contribution is -2.48. The number of esters is 1. The Labute approximate surface area is 197 Å². The molecule has 0 aromatic heterocycles. The van der Waals surface area contributed by atoms with E-state index in [1.807, 2.05) is 0 Å². The van der Waals surface area contributed by atoms with Gasteiger partial charge in [-0.1, -0.05) is 48.0 Å². The largest absolute Gasteiger partial charge is 0.461 e. The quantitative estimate of drug-likeness (QED) is 0.332. The summed E-state index contributed by atoms with van der Waals surface area (Å²) in [4.78, 5) is 25.6. The average Bonchev–Trinajstić information content (AvgIpc) is 2.57. The zero-order valence-electron chi connectivity index (χ0n) is 22.5. The summed E-state index contributed by atoms with van der Waals surface area (Å²) in [6, 6.07) is -0.792. The molecule has 0 unspecified atom stereocenters. The van der Waals surface area contributed by atoms with Crippen LogP contribution >= 0.6 is 0 Å². The smallest absolute Gasteiger partial charge is 0.408 e. The highest BCUT2D eigenvalue weighted by molar-refractivity contribution is 6.74. The molecule has 0 saturated heterocycles. The van der Waals surface area contributed by atoms with Gasteiger partial charge >= 0.3 is 12.1 Å². The van der Waals surface area contributed by atoms with Crippen LogP contribution < -0.4 is 5.32 Å². The second kappa shape index (κ2) is 11.4. The van der Waals surface area contributed by atoms with Gasteiger partial charge in [-0.3, -0.25) is 0 Å². The van der Waals surface area contributed by atoms with Gasteiger partial charge in [0.15, 0.2) is 8.32 Å². The van der Waals surface area contributed by atoms with Crippen LogP contribution in [0, 0.1) is 17.8 Å². The van der Waals surface area contributed by atoms with E-state index in [9.17, 15) is 9.59 Å². The van der Waals surface area contributed by atoms with Crippen molar-refractivity contribution in [1.82, 2.24) is 5.32 Å². The van der Waals surface area contributed by atoms with Gasteiger partial charge in [-0.05, 0) is 69.5 Å². The highest BCUT2D eigenvalue weighted by atomic mass is 28.4. The molecule has 0 aliphatic heterocycles. The molecule has 1 aliphatic rings. The summed E-state index contributed by atoms with van der Waals surface area (Å²) in [5, 5.41) is 2.82. The molecular weight excluding hydrogens is 422 g/mol. The van der Waals surface area contributed by atoms with E-state index in [0.717, 1.165) is 19.3 Å². The number of hydrogen-bond donors (Lipinski definition) is 1. The third kappa shape index (κ3) is 9.42. The topological polar surface area (TPSA) is 73.9 Å². The zero-order chi connectivity index (χ0) is 24.9. The van der Waals surface area contributed by atoms with Gasteiger partial charge in [-0.25, -0.2) is 9.59 Å². The van der Waals surface area contributed by atoms with Crippen molar-refractivity contribution >= 4 is 20.4 Å². The molecule has 0 aromatic carbocycles. The van der Waals surface area contributed by atoms with E-state index in [4.69, 9.17) is 13.9 Å². The SMILES string of the molecule is CC(C)[C@@H]1CC[C@@H](C)C[C@H]1OC(=O)[C@H](CCO[Si](C)(C)C(C)(C)C)NC(=O)OC(C)(C)C. The normalized spacial score (nSPS) is 23.6. The van der Waals surface area contributed by atoms with Crippen molar-refractivity contribution in [2.75, 3.05) is 6.61 Å². The van der Waals surface area contributed by atoms with E-state index < -0.39 is 26.1 Å². The molecule has 0 radical (unpaired) electrons. The van der Waals surface area contributed by atoms with Gasteiger partial charge in [-0.2, -0.15) is 0 Å². The molecule has 1 saturated carbocycles. The number of carbonyl (C=O) groups excluding carboxylic acids is 2. The lowest BCUT2D eigenvalue weighted by Gasteiger charge is -2.38. The van der Waals surface area contributed by atoms with E-state index in [2.05, 4.69) is 60.0 Å². The molecule has 32 heavy (non-hydrogen) atoms. The Hall–Kier alpha value is -1.08. The van der Waals surface area contributed by atoms with Crippen LogP contribution in [0.3, 0.4) is 0 Å². The third-order valence-electron chi connectivity index (χ3n) is 6.88. The maximum absolute atomic E-state index is 13.2. The summed E-state index contributed by atoms with van der Waals surface area (Å²) in [5.74, 6) is 0.932. The van der Waals surface area contributed by atoms with Crippen molar-refractivity contribution in [3.8, 4) is 0 Å². The molecule has 4 atom stereocenters. The van der Waals surface area contributed by atoms with Gasteiger partial charge in [0.2, 0.25) is 0 Å². The van der Waals surface area contributed by atoms with Crippen LogP contribution in [0.15, 0.2) is 0 Å². The van der Waals surface area contributed by atoms with Crippen LogP contribution in [-0.4, -0.2) is 44.7 Å². The molecule has 1 N–H and O–H groups in total. The minimum atomic E-state index is -1.96. The molecule has 188 valence electrons. The van der Waals surface area contributed by atoms with Crippen LogP contribution in [0.1, 0.15) is 88.0 Å². The number of alkyl carbamates (subject to hydrolysis) is 1. The van der Waals surface area contributed by atoms with Crippen molar-refractivity contribution in [2.24, 2.45) is 17.8 Å². The molecule has 0 aromatic rings. The van der Waals surface area contributed by atoms with E-state index in [1.165, 1.54) is 0 Å². The molecule has 1 rings (SSSR count). The predicted octanol–water partition coefficient (Wildman–Crippen LogP) is 6.30. The molecular formula is C25H49NO5Si. The molecule has 0 spiro atoms. The number of nitrogens with one attached hydrogen (secondary N) is 1. The van der Waals surface area contributed by atoms with E-state index in [1.54, 1.807) is 20.8 Å². The van der Waals surface area contributed by atoms with Crippen LogP contribution in [0.4, 0.5) is 4.79 Å². The molecule has 1 amide bonds. The predicted molar refractivity (Wildman–Crippen MR) is 132 cm³/mol. The van der Waals surface area contributed by atoms with Crippen molar-refractivity contribution < 1.29 is 23.5 Å². The number of rotatable bonds is 8. The first-order chi connectivity index (χ1) is 14.4. The number of hydrogen-bond acceptors (Lipinski definition) is 5. The zero-order valence-corrected chi connectivity index (χ0v) is 23.5. The molecule has 0 heterocycles. The van der Waals surface area contributed by atoms with Gasteiger partial charge in [-0.15, -0.1) is 0 Å². The first-order valence-electron chi connectivity index (χ1n) is 12.3. The Morgan fingerprint density at radius 1 is 1.06 bits per heavy atom. The maximum Gasteiger partial charge on any atom is 0.408 e. The fraction of sp³-hybridized carbons (Fsp3) is 0.920. The number of amides is 1. The minimum absolute atomic E-state index is 0.0737. The second-order valence-corrected chi connectivity index (χ2v) is 17.2. The summed E-state index contributed by atoms with van der Waals surface area (Å²) in [6.07, 6.45) is 2.74. The summed E-state index contributed by atoms with van der Waals surface area (Å²) in [7, 11) is -1.96. The molecule has 7 heteroatoms. The highest BCUT2D eigenvalue weighted by Crippen LogP contribution is 2.37. The Morgan fingerprint density at radius 3 is 2.16 bits per heavy atom. The number of carbonyl (C=O) groups is 2. The van der Waals surface area contributed by atoms with Crippen molar-refractivity contribution in [3.63, 3.8) is 0 Å². The van der Waals surface area contributed by atoms with Gasteiger partial charge in [0, 0.05) is 13.0 Å². The highest BCUT2D eigenvalue weighted by Gasteiger charge is 2.38. The fourth-order valence-electron chi connectivity index (χ4n) is 3.83. The Bertz CT molecular complexity index is 621. The summed E-state index contributed by atoms with van der Waals surface area (Å²) in [5.41, 5.74) is -0.641. The first-order valence-corrected chi connectivity index (χ1v) is 15.2. The first kappa shape index (κ1) is 28.9. The van der Waals surface area contributed by atoms with Gasteiger partial charge in [0.1, 0.15) is 17.7 Å². The van der Waals surface area contributed by atoms with Gasteiger partial charge in [0.25, 0.3) is 0 Å². The summed E-state index contributed by atoms with van der Waals surface area (Å²) in [6.45, 7) is 23.3. The lowest BCUT2D eigenvalue weighted by molar-refractivity contribution is -0.158. The molecule has 6 nitrogen and oxygen atoms in total. The van der Waals surface area contributed by atoms with Crippen LogP contribution in [0.5, 0.6) is 0 Å². The monoisotopic (exact) mass is 471 g/mol. The number of ether oxygens (including phenoxy) is 2. The molecule has 1 aliphatic carbocycles. The van der Waals surface area contributed by atoms with Gasteiger partial charge in [0.05, 0.1) is 0 Å². The lowest BCUT2D eigenvalue weighted by atomic mass is 9.75. The Kier molecular flexibility index (Phi) is 10.3. The third-order valence-corrected chi connectivity index (χ3v) is 11.4. The minimum Gasteiger partial charge on any atom is -0.461 e. The van der Waals surface area contributed by atoms with E-state index in [-0.39, 0.29) is 17.1 Å². The van der Waals surface area contributed by atoms with Crippen LogP contribution in [0.25, 0.3) is 0 Å². The fourth-order valence-corrected chi connectivity index (χ4v) is 4.89. The van der Waals surface area contributed by atoms with E-state index in [0.29, 0.717) is 30.8 Å². The van der Waals surface area contributed by atoms with Crippen LogP contribution in [0.2, 0.25) is 18.1 Å². The van der Waals surface area contributed by atoms with E-state index >= 15 is 0 Å². The molecule has 0 bridgehead atoms. The van der Waals surface area contributed by atoms with Gasteiger partial charge < -0.3 is 19.2 Å². The summed E-state index contributed by atoms with van der Waals surface area (Å²) < 4.78 is 17.7. The average molecular weight is 472 g/mol. The van der Waals surface area contributed by atoms with Crippen molar-refractivity contribution in [1.29, 1.82) is 0 Å². The maximum atomic E-state index is 13.2. The van der Waals surface area contributed by atoms with Crippen molar-refractivity contribution in [2.45, 2.75) is 124 Å². The van der Waals surface area contributed by atoms with Crippen molar-refractivity contribution in [3.05, 3.63) is 0 Å².